The van der Waals surface area contributed by atoms with Gasteiger partial charge in [0.15, 0.2) is 0 Å². The second-order valence-corrected chi connectivity index (χ2v) is 8.08. The standard InChI is InChI=1S/C18H36N2O2/c1-15(7-6-9-17(2,3)22)8-12-20-13-10-18(4,11-14-20)16(21)19-5/h15,22H,6-14H2,1-5H3,(H,19,21). The van der Waals surface area contributed by atoms with Crippen molar-refractivity contribution >= 4 is 5.91 Å². The van der Waals surface area contributed by atoms with Crippen LogP contribution in [0, 0.1) is 11.3 Å². The topological polar surface area (TPSA) is 52.6 Å². The summed E-state index contributed by atoms with van der Waals surface area (Å²) in [5.41, 5.74) is -0.708. The highest BCUT2D eigenvalue weighted by Gasteiger charge is 2.35. The van der Waals surface area contributed by atoms with Crippen LogP contribution < -0.4 is 5.32 Å². The number of carbonyl (C=O) groups is 1. The van der Waals surface area contributed by atoms with Gasteiger partial charge in [-0.25, -0.2) is 0 Å². The van der Waals surface area contributed by atoms with Crippen molar-refractivity contribution in [3.05, 3.63) is 0 Å². The molecule has 1 amide bonds. The van der Waals surface area contributed by atoms with E-state index in [2.05, 4.69) is 24.1 Å². The fourth-order valence-corrected chi connectivity index (χ4v) is 3.23. The lowest BCUT2D eigenvalue weighted by Crippen LogP contribution is -2.46. The molecule has 0 aliphatic carbocycles. The van der Waals surface area contributed by atoms with E-state index in [9.17, 15) is 9.90 Å². The van der Waals surface area contributed by atoms with E-state index in [4.69, 9.17) is 0 Å². The third-order valence-corrected chi connectivity index (χ3v) is 5.16. The van der Waals surface area contributed by atoms with Crippen LogP contribution >= 0.6 is 0 Å². The Morgan fingerprint density at radius 2 is 1.91 bits per heavy atom. The van der Waals surface area contributed by atoms with Crippen LogP contribution in [-0.4, -0.2) is 48.2 Å². The molecule has 0 aromatic rings. The number of nitrogens with zero attached hydrogens (tertiary/aromatic N) is 1. The summed E-state index contributed by atoms with van der Waals surface area (Å²) in [6.45, 7) is 11.4. The normalized spacial score (nSPS) is 20.6. The van der Waals surface area contributed by atoms with Gasteiger partial charge in [-0.2, -0.15) is 0 Å². The summed E-state index contributed by atoms with van der Waals surface area (Å²) in [5.74, 6) is 0.890. The lowest BCUT2D eigenvalue weighted by molar-refractivity contribution is -0.132. The minimum absolute atomic E-state index is 0.177. The molecule has 0 bridgehead atoms. The van der Waals surface area contributed by atoms with E-state index < -0.39 is 5.60 Å². The van der Waals surface area contributed by atoms with Crippen LogP contribution in [-0.2, 0) is 4.79 Å². The van der Waals surface area contributed by atoms with Gasteiger partial charge in [-0.1, -0.05) is 26.7 Å². The molecule has 1 heterocycles. The second kappa shape index (κ2) is 8.30. The van der Waals surface area contributed by atoms with Gasteiger partial charge in [0.1, 0.15) is 0 Å². The first kappa shape index (κ1) is 19.4. The molecule has 2 N–H and O–H groups in total. The number of aliphatic hydroxyl groups is 1. The van der Waals surface area contributed by atoms with Crippen LogP contribution in [0.25, 0.3) is 0 Å². The fourth-order valence-electron chi connectivity index (χ4n) is 3.23. The Hall–Kier alpha value is -0.610. The third-order valence-electron chi connectivity index (χ3n) is 5.16. The van der Waals surface area contributed by atoms with Crippen molar-refractivity contribution in [1.82, 2.24) is 10.2 Å². The first-order valence-corrected chi connectivity index (χ1v) is 8.83. The van der Waals surface area contributed by atoms with Crippen LogP contribution in [0.5, 0.6) is 0 Å². The fraction of sp³-hybridized carbons (Fsp3) is 0.944. The maximum atomic E-state index is 11.9. The third kappa shape index (κ3) is 6.66. The number of rotatable bonds is 8. The molecule has 22 heavy (non-hydrogen) atoms. The molecular formula is C18H36N2O2. The molecule has 0 aromatic carbocycles. The molecule has 1 atom stereocenters. The molecule has 4 nitrogen and oxygen atoms in total. The van der Waals surface area contributed by atoms with Crippen molar-refractivity contribution in [2.75, 3.05) is 26.7 Å². The Morgan fingerprint density at radius 3 is 2.41 bits per heavy atom. The van der Waals surface area contributed by atoms with E-state index in [0.717, 1.165) is 45.3 Å². The first-order valence-electron chi connectivity index (χ1n) is 8.83. The molecule has 0 radical (unpaired) electrons. The predicted octanol–water partition coefficient (Wildman–Crippen LogP) is 2.80. The maximum absolute atomic E-state index is 11.9. The van der Waals surface area contributed by atoms with Crippen LogP contribution in [0.3, 0.4) is 0 Å². The van der Waals surface area contributed by atoms with Crippen LogP contribution in [0.4, 0.5) is 0 Å². The Morgan fingerprint density at radius 1 is 1.32 bits per heavy atom. The highest BCUT2D eigenvalue weighted by Crippen LogP contribution is 2.31. The van der Waals surface area contributed by atoms with E-state index in [1.807, 2.05) is 13.8 Å². The smallest absolute Gasteiger partial charge is 0.225 e. The number of hydrogen-bond acceptors (Lipinski definition) is 3. The van der Waals surface area contributed by atoms with E-state index >= 15 is 0 Å². The van der Waals surface area contributed by atoms with Crippen molar-refractivity contribution < 1.29 is 9.90 Å². The lowest BCUT2D eigenvalue weighted by Gasteiger charge is -2.38. The van der Waals surface area contributed by atoms with Gasteiger partial charge in [-0.3, -0.25) is 4.79 Å². The van der Waals surface area contributed by atoms with E-state index in [1.54, 1.807) is 7.05 Å². The summed E-state index contributed by atoms with van der Waals surface area (Å²) < 4.78 is 0. The Balaban J connectivity index is 2.20. The molecule has 130 valence electrons. The molecule has 1 aliphatic heterocycles. The molecule has 1 rings (SSSR count). The van der Waals surface area contributed by atoms with Gasteiger partial charge in [0.25, 0.3) is 0 Å². The first-order chi connectivity index (χ1) is 10.2. The average Bonchev–Trinajstić information content (AvgIpc) is 2.44. The molecular weight excluding hydrogens is 276 g/mol. The minimum atomic E-state index is -0.531. The number of carbonyl (C=O) groups excluding carboxylic acids is 1. The number of hydrogen-bond donors (Lipinski definition) is 2. The molecule has 1 unspecified atom stereocenters. The van der Waals surface area contributed by atoms with Crippen molar-refractivity contribution in [3.8, 4) is 0 Å². The van der Waals surface area contributed by atoms with Gasteiger partial charge < -0.3 is 15.3 Å². The number of likely N-dealkylation sites (tertiary alicyclic amines) is 1. The summed E-state index contributed by atoms with van der Waals surface area (Å²) in [4.78, 5) is 14.4. The molecule has 1 fully saturated rings. The lowest BCUT2D eigenvalue weighted by atomic mass is 9.79. The van der Waals surface area contributed by atoms with Crippen LogP contribution in [0.15, 0.2) is 0 Å². The average molecular weight is 312 g/mol. The van der Waals surface area contributed by atoms with Gasteiger partial charge in [-0.05, 0) is 65.1 Å². The predicted molar refractivity (Wildman–Crippen MR) is 91.8 cm³/mol. The van der Waals surface area contributed by atoms with E-state index in [0.29, 0.717) is 5.92 Å². The molecule has 1 aliphatic rings. The van der Waals surface area contributed by atoms with E-state index in [1.165, 1.54) is 12.8 Å². The summed E-state index contributed by atoms with van der Waals surface area (Å²) in [6.07, 6.45) is 6.29. The Labute approximate surface area is 136 Å². The second-order valence-electron chi connectivity index (χ2n) is 8.08. The highest BCUT2D eigenvalue weighted by atomic mass is 16.3. The highest BCUT2D eigenvalue weighted by molar-refractivity contribution is 5.82. The van der Waals surface area contributed by atoms with Crippen LogP contribution in [0.2, 0.25) is 0 Å². The maximum Gasteiger partial charge on any atom is 0.225 e. The van der Waals surface area contributed by atoms with Crippen molar-refractivity contribution in [1.29, 1.82) is 0 Å². The molecule has 0 saturated carbocycles. The Bertz CT molecular complexity index is 341. The van der Waals surface area contributed by atoms with Gasteiger partial charge in [0, 0.05) is 12.5 Å². The van der Waals surface area contributed by atoms with Gasteiger partial charge >= 0.3 is 0 Å². The summed E-state index contributed by atoms with van der Waals surface area (Å²) in [6, 6.07) is 0. The Kier molecular flexibility index (Phi) is 7.33. The monoisotopic (exact) mass is 312 g/mol. The molecule has 4 heteroatoms. The van der Waals surface area contributed by atoms with Crippen molar-refractivity contribution in [2.45, 2.75) is 71.8 Å². The minimum Gasteiger partial charge on any atom is -0.390 e. The SMILES string of the molecule is CNC(=O)C1(C)CCN(CCC(C)CCCC(C)(C)O)CC1. The summed E-state index contributed by atoms with van der Waals surface area (Å²) in [7, 11) is 1.73. The van der Waals surface area contributed by atoms with Crippen LogP contribution in [0.1, 0.15) is 66.2 Å². The summed E-state index contributed by atoms with van der Waals surface area (Å²) in [5, 5.41) is 12.5. The number of nitrogens with one attached hydrogen (secondary N) is 1. The summed E-state index contributed by atoms with van der Waals surface area (Å²) >= 11 is 0. The number of piperidine rings is 1. The zero-order valence-corrected chi connectivity index (χ0v) is 15.2. The quantitative estimate of drug-likeness (QED) is 0.724. The molecule has 0 spiro atoms. The number of amides is 1. The van der Waals surface area contributed by atoms with Gasteiger partial charge in [0.05, 0.1) is 5.60 Å². The van der Waals surface area contributed by atoms with Gasteiger partial charge in [0.2, 0.25) is 5.91 Å². The van der Waals surface area contributed by atoms with Crippen molar-refractivity contribution in [3.63, 3.8) is 0 Å². The molecule has 1 saturated heterocycles. The molecule has 0 aromatic heterocycles. The van der Waals surface area contributed by atoms with Crippen molar-refractivity contribution in [2.24, 2.45) is 11.3 Å². The largest absolute Gasteiger partial charge is 0.390 e. The zero-order chi connectivity index (χ0) is 16.8. The zero-order valence-electron chi connectivity index (χ0n) is 15.2. The van der Waals surface area contributed by atoms with E-state index in [-0.39, 0.29) is 11.3 Å². The van der Waals surface area contributed by atoms with Gasteiger partial charge in [-0.15, -0.1) is 0 Å².